The molecule has 2 N–H and O–H groups in total. The molecular weight excluding hydrogens is 440 g/mol. The standard InChI is InChI=1S/C19H28N6O8/c20-24-22-4-6-31-8-10-33-12-11-32-9-7-30-5-3-21-14-13-17(27)25(19(14)29)15-1-2-16(26)23-18(15)28/h13,15,21H,1-12H2,(H,23,26,28). The first kappa shape index (κ1) is 26.2. The molecule has 1 atom stereocenters. The van der Waals surface area contributed by atoms with Crippen LogP contribution in [0.1, 0.15) is 12.8 Å². The molecule has 2 heterocycles. The quantitative estimate of drug-likeness (QED) is 0.0890. The second kappa shape index (κ2) is 14.9. The molecule has 0 spiro atoms. The predicted octanol–water partition coefficient (Wildman–Crippen LogP) is -0.989. The molecule has 0 saturated carbocycles. The molecular formula is C19H28N6O8. The van der Waals surface area contributed by atoms with Crippen molar-refractivity contribution in [1.29, 1.82) is 0 Å². The fraction of sp³-hybridized carbons (Fsp3) is 0.684. The third-order valence-corrected chi connectivity index (χ3v) is 4.55. The lowest BCUT2D eigenvalue weighted by molar-refractivity contribution is -0.149. The molecule has 2 aliphatic heterocycles. The Bertz CT molecular complexity index is 782. The molecule has 1 saturated heterocycles. The Morgan fingerprint density at radius 1 is 1.00 bits per heavy atom. The normalized spacial score (nSPS) is 18.2. The highest BCUT2D eigenvalue weighted by atomic mass is 16.6. The van der Waals surface area contributed by atoms with Crippen LogP contribution < -0.4 is 10.6 Å². The molecule has 0 aromatic heterocycles. The summed E-state index contributed by atoms with van der Waals surface area (Å²) in [7, 11) is 0. The molecule has 0 bridgehead atoms. The van der Waals surface area contributed by atoms with Gasteiger partial charge in [0, 0.05) is 30.5 Å². The minimum absolute atomic E-state index is 0.0762. The van der Waals surface area contributed by atoms with Crippen molar-refractivity contribution >= 4 is 23.6 Å². The van der Waals surface area contributed by atoms with E-state index in [1.54, 1.807) is 0 Å². The number of rotatable bonds is 17. The number of azide groups is 1. The van der Waals surface area contributed by atoms with Crippen LogP contribution in [-0.4, -0.2) is 101 Å². The highest BCUT2D eigenvalue weighted by Gasteiger charge is 2.42. The number of piperidine rings is 1. The van der Waals surface area contributed by atoms with Crippen LogP contribution >= 0.6 is 0 Å². The molecule has 14 heteroatoms. The maximum atomic E-state index is 12.4. The van der Waals surface area contributed by atoms with Crippen LogP contribution in [0, 0.1) is 0 Å². The number of nitrogens with zero attached hydrogens (tertiary/aromatic N) is 4. The SMILES string of the molecule is [N-]=[N+]=NCCOCCOCCOCCOCCNC1=CC(=O)N(C2CCC(=O)NC2=O)C1=O. The lowest BCUT2D eigenvalue weighted by Crippen LogP contribution is -2.54. The average molecular weight is 468 g/mol. The van der Waals surface area contributed by atoms with Gasteiger partial charge in [-0.25, -0.2) is 0 Å². The second-order valence-corrected chi connectivity index (χ2v) is 6.87. The van der Waals surface area contributed by atoms with Crippen LogP contribution in [0.4, 0.5) is 0 Å². The summed E-state index contributed by atoms with van der Waals surface area (Å²) in [6, 6.07) is -0.979. The van der Waals surface area contributed by atoms with E-state index in [2.05, 4.69) is 20.7 Å². The zero-order valence-electron chi connectivity index (χ0n) is 18.2. The summed E-state index contributed by atoms with van der Waals surface area (Å²) in [6.45, 7) is 3.58. The summed E-state index contributed by atoms with van der Waals surface area (Å²) in [5.74, 6) is -2.25. The molecule has 0 aromatic carbocycles. The maximum Gasteiger partial charge on any atom is 0.277 e. The van der Waals surface area contributed by atoms with Crippen molar-refractivity contribution in [2.24, 2.45) is 5.11 Å². The molecule has 4 amide bonds. The van der Waals surface area contributed by atoms with Crippen molar-refractivity contribution in [3.05, 3.63) is 22.2 Å². The summed E-state index contributed by atoms with van der Waals surface area (Å²) in [4.78, 5) is 51.2. The third-order valence-electron chi connectivity index (χ3n) is 4.55. The smallest absolute Gasteiger partial charge is 0.277 e. The zero-order valence-corrected chi connectivity index (χ0v) is 18.2. The topological polar surface area (TPSA) is 181 Å². The number of carbonyl (C=O) groups is 4. The van der Waals surface area contributed by atoms with Gasteiger partial charge in [-0.05, 0) is 12.0 Å². The molecule has 33 heavy (non-hydrogen) atoms. The Kier molecular flexibility index (Phi) is 11.9. The largest absolute Gasteiger partial charge is 0.379 e. The second-order valence-electron chi connectivity index (χ2n) is 6.87. The van der Waals surface area contributed by atoms with Crippen molar-refractivity contribution in [2.75, 3.05) is 65.9 Å². The molecule has 0 aliphatic carbocycles. The van der Waals surface area contributed by atoms with Gasteiger partial charge in [-0.2, -0.15) is 0 Å². The van der Waals surface area contributed by atoms with Gasteiger partial charge < -0.3 is 24.3 Å². The molecule has 2 aliphatic rings. The monoisotopic (exact) mass is 468 g/mol. The van der Waals surface area contributed by atoms with Crippen LogP contribution in [0.3, 0.4) is 0 Å². The Morgan fingerprint density at radius 2 is 1.61 bits per heavy atom. The summed E-state index contributed by atoms with van der Waals surface area (Å²) >= 11 is 0. The van der Waals surface area contributed by atoms with E-state index in [4.69, 9.17) is 24.5 Å². The summed E-state index contributed by atoms with van der Waals surface area (Å²) in [5.41, 5.74) is 8.19. The van der Waals surface area contributed by atoms with Crippen LogP contribution in [-0.2, 0) is 38.1 Å². The van der Waals surface area contributed by atoms with Crippen LogP contribution in [0.2, 0.25) is 0 Å². The molecule has 2 rings (SSSR count). The van der Waals surface area contributed by atoms with Crippen molar-refractivity contribution in [2.45, 2.75) is 18.9 Å². The lowest BCUT2D eigenvalue weighted by Gasteiger charge is -2.28. The van der Waals surface area contributed by atoms with Crippen LogP contribution in [0.15, 0.2) is 16.9 Å². The average Bonchev–Trinajstić information content (AvgIpc) is 3.06. The zero-order chi connectivity index (χ0) is 23.9. The van der Waals surface area contributed by atoms with Gasteiger partial charge in [-0.1, -0.05) is 5.11 Å². The molecule has 1 unspecified atom stereocenters. The Hall–Kier alpha value is -3.03. The number of carbonyl (C=O) groups excluding carboxylic acids is 4. The van der Waals surface area contributed by atoms with Crippen molar-refractivity contribution in [3.8, 4) is 0 Å². The van der Waals surface area contributed by atoms with E-state index in [0.29, 0.717) is 52.8 Å². The first-order valence-electron chi connectivity index (χ1n) is 10.5. The Balaban J connectivity index is 1.46. The van der Waals surface area contributed by atoms with Crippen molar-refractivity contribution in [1.82, 2.24) is 15.5 Å². The van der Waals surface area contributed by atoms with Crippen molar-refractivity contribution < 1.29 is 38.1 Å². The first-order chi connectivity index (χ1) is 16.0. The highest BCUT2D eigenvalue weighted by Crippen LogP contribution is 2.19. The van der Waals surface area contributed by atoms with E-state index in [9.17, 15) is 19.2 Å². The number of nitrogens with one attached hydrogen (secondary N) is 2. The Morgan fingerprint density at radius 3 is 2.21 bits per heavy atom. The third kappa shape index (κ3) is 9.16. The number of hydrogen-bond acceptors (Lipinski definition) is 10. The Labute approximate surface area is 190 Å². The summed E-state index contributed by atoms with van der Waals surface area (Å²) < 4.78 is 21.2. The maximum absolute atomic E-state index is 12.4. The summed E-state index contributed by atoms with van der Waals surface area (Å²) in [6.07, 6.45) is 1.33. The molecule has 0 aromatic rings. The minimum Gasteiger partial charge on any atom is -0.379 e. The van der Waals surface area contributed by atoms with Gasteiger partial charge in [-0.3, -0.25) is 29.4 Å². The van der Waals surface area contributed by atoms with Crippen LogP contribution in [0.5, 0.6) is 0 Å². The van der Waals surface area contributed by atoms with Gasteiger partial charge in [0.25, 0.3) is 11.8 Å². The minimum atomic E-state index is -0.979. The molecule has 182 valence electrons. The fourth-order valence-corrected chi connectivity index (χ4v) is 3.00. The number of ether oxygens (including phenoxy) is 4. The van der Waals surface area contributed by atoms with Gasteiger partial charge in [0.05, 0.1) is 52.9 Å². The molecule has 0 radical (unpaired) electrons. The van der Waals surface area contributed by atoms with E-state index >= 15 is 0 Å². The highest BCUT2D eigenvalue weighted by molar-refractivity contribution is 6.18. The molecule has 14 nitrogen and oxygen atoms in total. The van der Waals surface area contributed by atoms with Gasteiger partial charge in [0.2, 0.25) is 11.8 Å². The number of amides is 4. The van der Waals surface area contributed by atoms with Gasteiger partial charge in [-0.15, -0.1) is 0 Å². The van der Waals surface area contributed by atoms with Gasteiger partial charge in [0.15, 0.2) is 0 Å². The van der Waals surface area contributed by atoms with Gasteiger partial charge >= 0.3 is 0 Å². The number of imide groups is 2. The van der Waals surface area contributed by atoms with Crippen molar-refractivity contribution in [3.63, 3.8) is 0 Å². The predicted molar refractivity (Wildman–Crippen MR) is 111 cm³/mol. The van der Waals surface area contributed by atoms with E-state index in [1.807, 2.05) is 0 Å². The molecule has 1 fully saturated rings. The van der Waals surface area contributed by atoms with E-state index in [1.165, 1.54) is 0 Å². The number of hydrogen-bond donors (Lipinski definition) is 2. The first-order valence-corrected chi connectivity index (χ1v) is 10.5. The lowest BCUT2D eigenvalue weighted by atomic mass is 10.0. The van der Waals surface area contributed by atoms with E-state index < -0.39 is 29.7 Å². The van der Waals surface area contributed by atoms with E-state index in [0.717, 1.165) is 11.0 Å². The fourth-order valence-electron chi connectivity index (χ4n) is 3.00. The van der Waals surface area contributed by atoms with Crippen LogP contribution in [0.25, 0.3) is 10.4 Å². The van der Waals surface area contributed by atoms with Gasteiger partial charge in [0.1, 0.15) is 11.7 Å². The van der Waals surface area contributed by atoms with E-state index in [-0.39, 0.29) is 31.7 Å². The summed E-state index contributed by atoms with van der Waals surface area (Å²) in [5, 5.41) is 8.31.